The monoisotopic (exact) mass is 334 g/mol. The second-order valence-corrected chi connectivity index (χ2v) is 6.25. The molecule has 1 heterocycles. The van der Waals surface area contributed by atoms with Crippen LogP contribution in [0.1, 0.15) is 44.5 Å². The van der Waals surface area contributed by atoms with E-state index < -0.39 is 0 Å². The minimum atomic E-state index is -0.0777. The molecule has 1 aromatic heterocycles. The first-order valence-electron chi connectivity index (χ1n) is 7.72. The highest BCUT2D eigenvalue weighted by molar-refractivity contribution is 7.13. The first kappa shape index (κ1) is 17.3. The van der Waals surface area contributed by atoms with Crippen molar-refractivity contribution < 1.29 is 14.3 Å². The van der Waals surface area contributed by atoms with Gasteiger partial charge in [0.25, 0.3) is 5.19 Å². The summed E-state index contributed by atoms with van der Waals surface area (Å²) in [6, 6.07) is 7.45. The van der Waals surface area contributed by atoms with Gasteiger partial charge in [-0.1, -0.05) is 30.7 Å². The molecule has 1 atom stereocenters. The van der Waals surface area contributed by atoms with Gasteiger partial charge < -0.3 is 14.8 Å². The van der Waals surface area contributed by atoms with Gasteiger partial charge in [-0.3, -0.25) is 4.79 Å². The maximum atomic E-state index is 11.1. The number of hydrogen-bond donors (Lipinski definition) is 1. The fourth-order valence-electron chi connectivity index (χ4n) is 1.96. The first-order chi connectivity index (χ1) is 11.1. The van der Waals surface area contributed by atoms with Crippen LogP contribution in [0.3, 0.4) is 0 Å². The lowest BCUT2D eigenvalue weighted by Gasteiger charge is -2.09. The third-order valence-electron chi connectivity index (χ3n) is 3.13. The number of thiazole rings is 1. The van der Waals surface area contributed by atoms with E-state index in [4.69, 9.17) is 9.47 Å². The van der Waals surface area contributed by atoms with Gasteiger partial charge in [-0.2, -0.15) is 0 Å². The molecule has 0 aliphatic carbocycles. The summed E-state index contributed by atoms with van der Waals surface area (Å²) in [7, 11) is 0. The molecule has 2 aromatic rings. The normalized spacial score (nSPS) is 11.8. The van der Waals surface area contributed by atoms with Crippen LogP contribution >= 0.6 is 11.3 Å². The van der Waals surface area contributed by atoms with Gasteiger partial charge in [0.1, 0.15) is 11.5 Å². The number of unbranched alkanes of at least 4 members (excludes halogenated alkanes) is 1. The number of carbonyl (C=O) groups is 1. The van der Waals surface area contributed by atoms with Crippen molar-refractivity contribution >= 4 is 17.2 Å². The van der Waals surface area contributed by atoms with E-state index >= 15 is 0 Å². The van der Waals surface area contributed by atoms with Crippen LogP contribution in [-0.2, 0) is 4.79 Å². The molecule has 1 N–H and O–H groups in total. The minimum absolute atomic E-state index is 0.0645. The number of nitrogens with zero attached hydrogens (tertiary/aromatic N) is 1. The Balaban J connectivity index is 1.98. The molecule has 0 aliphatic heterocycles. The Morgan fingerprint density at radius 3 is 2.91 bits per heavy atom. The van der Waals surface area contributed by atoms with Crippen molar-refractivity contribution in [1.82, 2.24) is 10.3 Å². The van der Waals surface area contributed by atoms with E-state index in [1.807, 2.05) is 31.2 Å². The van der Waals surface area contributed by atoms with E-state index in [-0.39, 0.29) is 11.9 Å². The summed E-state index contributed by atoms with van der Waals surface area (Å²) in [5.74, 6) is 1.41. The van der Waals surface area contributed by atoms with Crippen LogP contribution in [0.4, 0.5) is 0 Å². The van der Waals surface area contributed by atoms with E-state index in [0.717, 1.165) is 23.5 Å². The van der Waals surface area contributed by atoms with Gasteiger partial charge >= 0.3 is 0 Å². The third kappa shape index (κ3) is 5.56. The van der Waals surface area contributed by atoms with Crippen LogP contribution in [0.5, 0.6) is 16.7 Å². The number of rotatable bonds is 8. The van der Waals surface area contributed by atoms with Gasteiger partial charge in [-0.05, 0) is 25.5 Å². The third-order valence-corrected chi connectivity index (χ3v) is 4.18. The lowest BCUT2D eigenvalue weighted by Crippen LogP contribution is -2.22. The van der Waals surface area contributed by atoms with E-state index in [2.05, 4.69) is 17.2 Å². The number of ether oxygens (including phenoxy) is 2. The van der Waals surface area contributed by atoms with Crippen LogP contribution in [-0.4, -0.2) is 17.5 Å². The zero-order chi connectivity index (χ0) is 16.7. The van der Waals surface area contributed by atoms with Crippen molar-refractivity contribution in [2.45, 2.75) is 39.7 Å². The van der Waals surface area contributed by atoms with E-state index in [0.29, 0.717) is 17.6 Å². The quantitative estimate of drug-likeness (QED) is 0.731. The van der Waals surface area contributed by atoms with Gasteiger partial charge in [0.2, 0.25) is 5.91 Å². The van der Waals surface area contributed by atoms with E-state index in [1.54, 1.807) is 6.20 Å². The van der Waals surface area contributed by atoms with Crippen molar-refractivity contribution in [3.8, 4) is 16.7 Å². The molecule has 23 heavy (non-hydrogen) atoms. The molecular formula is C17H22N2O3S. The average molecular weight is 334 g/mol. The summed E-state index contributed by atoms with van der Waals surface area (Å²) in [5, 5.41) is 3.37. The maximum Gasteiger partial charge on any atom is 0.278 e. The standard InChI is InChI=1S/C17H22N2O3S/c1-4-5-9-21-14-7-6-8-15(10-14)22-17-18-11-16(23-17)12(2)19-13(3)20/h6-8,10-12H,4-5,9H2,1-3H3,(H,19,20). The van der Waals surface area contributed by atoms with Crippen molar-refractivity contribution in [3.63, 3.8) is 0 Å². The van der Waals surface area contributed by atoms with Crippen LogP contribution < -0.4 is 14.8 Å². The number of carbonyl (C=O) groups excluding carboxylic acids is 1. The van der Waals surface area contributed by atoms with Gasteiger partial charge in [0, 0.05) is 19.2 Å². The van der Waals surface area contributed by atoms with Gasteiger partial charge in [-0.25, -0.2) is 4.98 Å². The van der Waals surface area contributed by atoms with Gasteiger partial charge in [0.05, 0.1) is 17.5 Å². The number of nitrogens with one attached hydrogen (secondary N) is 1. The Bertz CT molecular complexity index is 642. The SMILES string of the molecule is CCCCOc1cccc(Oc2ncc(C(C)NC(C)=O)s2)c1. The Morgan fingerprint density at radius 1 is 1.39 bits per heavy atom. The summed E-state index contributed by atoms with van der Waals surface area (Å²) in [4.78, 5) is 16.3. The highest BCUT2D eigenvalue weighted by Gasteiger charge is 2.12. The molecule has 0 radical (unpaired) electrons. The summed E-state index contributed by atoms with van der Waals surface area (Å²) in [6.45, 7) is 6.25. The molecule has 1 amide bonds. The molecule has 1 aromatic carbocycles. The molecule has 0 spiro atoms. The van der Waals surface area contributed by atoms with Crippen molar-refractivity contribution in [2.24, 2.45) is 0 Å². The summed E-state index contributed by atoms with van der Waals surface area (Å²) in [6.07, 6.45) is 3.86. The first-order valence-corrected chi connectivity index (χ1v) is 8.53. The molecule has 0 fully saturated rings. The van der Waals surface area contributed by atoms with E-state index in [9.17, 15) is 4.79 Å². The number of aromatic nitrogens is 1. The smallest absolute Gasteiger partial charge is 0.278 e. The fraction of sp³-hybridized carbons (Fsp3) is 0.412. The highest BCUT2D eigenvalue weighted by atomic mass is 32.1. The summed E-state index contributed by atoms with van der Waals surface area (Å²) in [5.41, 5.74) is 0. The lowest BCUT2D eigenvalue weighted by atomic mass is 10.3. The number of amides is 1. The zero-order valence-electron chi connectivity index (χ0n) is 13.7. The lowest BCUT2D eigenvalue weighted by molar-refractivity contribution is -0.119. The van der Waals surface area contributed by atoms with Crippen molar-refractivity contribution in [3.05, 3.63) is 35.3 Å². The van der Waals surface area contributed by atoms with E-state index in [1.165, 1.54) is 18.3 Å². The zero-order valence-corrected chi connectivity index (χ0v) is 14.5. The average Bonchev–Trinajstić information content (AvgIpc) is 2.96. The summed E-state index contributed by atoms with van der Waals surface area (Å²) >= 11 is 1.42. The molecule has 0 aliphatic rings. The second-order valence-electron chi connectivity index (χ2n) is 5.23. The highest BCUT2D eigenvalue weighted by Crippen LogP contribution is 2.31. The van der Waals surface area contributed by atoms with Crippen molar-refractivity contribution in [1.29, 1.82) is 0 Å². The largest absolute Gasteiger partial charge is 0.493 e. The Labute approximate surface area is 140 Å². The maximum absolute atomic E-state index is 11.1. The molecule has 5 nitrogen and oxygen atoms in total. The molecule has 0 bridgehead atoms. The molecule has 0 saturated heterocycles. The van der Waals surface area contributed by atoms with Gasteiger partial charge in [-0.15, -0.1) is 0 Å². The second kappa shape index (κ2) is 8.53. The predicted molar refractivity (Wildman–Crippen MR) is 91.3 cm³/mol. The van der Waals surface area contributed by atoms with Crippen molar-refractivity contribution in [2.75, 3.05) is 6.61 Å². The van der Waals surface area contributed by atoms with Crippen LogP contribution in [0.25, 0.3) is 0 Å². The topological polar surface area (TPSA) is 60.5 Å². The van der Waals surface area contributed by atoms with Crippen LogP contribution in [0, 0.1) is 0 Å². The molecule has 1 unspecified atom stereocenters. The van der Waals surface area contributed by atoms with Gasteiger partial charge in [0.15, 0.2) is 0 Å². The predicted octanol–water partition coefficient (Wildman–Crippen LogP) is 4.31. The Morgan fingerprint density at radius 2 is 2.17 bits per heavy atom. The molecule has 0 saturated carbocycles. The fourth-order valence-corrected chi connectivity index (χ4v) is 2.74. The number of hydrogen-bond acceptors (Lipinski definition) is 5. The van der Waals surface area contributed by atoms with Crippen LogP contribution in [0.15, 0.2) is 30.5 Å². The molecule has 6 heteroatoms. The molecule has 124 valence electrons. The minimum Gasteiger partial charge on any atom is -0.493 e. The molecule has 2 rings (SSSR count). The summed E-state index contributed by atoms with van der Waals surface area (Å²) < 4.78 is 11.4. The Kier molecular flexibility index (Phi) is 6.40. The Hall–Kier alpha value is -2.08. The number of benzene rings is 1. The molecular weight excluding hydrogens is 312 g/mol. The van der Waals surface area contributed by atoms with Crippen LogP contribution in [0.2, 0.25) is 0 Å².